The lowest BCUT2D eigenvalue weighted by Gasteiger charge is -2.04. The zero-order valence-corrected chi connectivity index (χ0v) is 11.0. The number of hydrogen-bond donors (Lipinski definition) is 0. The molecular formula is C14H11NS2. The molecule has 0 amide bonds. The molecule has 1 nitrogen and oxygen atoms in total. The maximum absolute atomic E-state index is 5.45. The molecule has 0 N–H and O–H groups in total. The van der Waals surface area contributed by atoms with Crippen molar-refractivity contribution in [3.05, 3.63) is 58.0 Å². The maximum atomic E-state index is 5.45. The van der Waals surface area contributed by atoms with Crippen LogP contribution in [0.4, 0.5) is 0 Å². The van der Waals surface area contributed by atoms with Crippen LogP contribution in [0.3, 0.4) is 0 Å². The number of rotatable bonds is 1. The first kappa shape index (κ1) is 10.7. The number of fused-ring (bicyclic) bond motifs is 1. The van der Waals surface area contributed by atoms with Crippen LogP contribution in [0.25, 0.3) is 15.9 Å². The van der Waals surface area contributed by atoms with Crippen LogP contribution in [0.2, 0.25) is 0 Å². The standard InChI is InChI=1S/C14H11NS2/c1-10-6-8-11(9-7-10)15-12-4-2-3-5-13(12)17-14(15)16/h2-9H,1H3. The lowest BCUT2D eigenvalue weighted by atomic mass is 10.2. The first-order valence-corrected chi connectivity index (χ1v) is 6.66. The number of hydrogen-bond acceptors (Lipinski definition) is 2. The van der Waals surface area contributed by atoms with E-state index in [0.29, 0.717) is 0 Å². The Balaban J connectivity index is 2.33. The average Bonchev–Trinajstić information content (AvgIpc) is 2.66. The average molecular weight is 257 g/mol. The first-order valence-electron chi connectivity index (χ1n) is 5.43. The molecule has 84 valence electrons. The van der Waals surface area contributed by atoms with Gasteiger partial charge < -0.3 is 0 Å². The Morgan fingerprint density at radius 1 is 1.00 bits per heavy atom. The van der Waals surface area contributed by atoms with Crippen molar-refractivity contribution < 1.29 is 0 Å². The van der Waals surface area contributed by atoms with Gasteiger partial charge in [-0.2, -0.15) is 0 Å². The third-order valence-electron chi connectivity index (χ3n) is 2.78. The monoisotopic (exact) mass is 257 g/mol. The molecule has 0 bridgehead atoms. The molecule has 3 aromatic rings. The van der Waals surface area contributed by atoms with Crippen molar-refractivity contribution in [2.75, 3.05) is 0 Å². The van der Waals surface area contributed by atoms with E-state index in [2.05, 4.69) is 54.0 Å². The molecule has 0 fully saturated rings. The van der Waals surface area contributed by atoms with E-state index in [1.165, 1.54) is 15.8 Å². The Morgan fingerprint density at radius 3 is 2.47 bits per heavy atom. The predicted molar refractivity (Wildman–Crippen MR) is 76.7 cm³/mol. The summed E-state index contributed by atoms with van der Waals surface area (Å²) in [5.41, 5.74) is 3.59. The summed E-state index contributed by atoms with van der Waals surface area (Å²) >= 11 is 7.10. The lowest BCUT2D eigenvalue weighted by molar-refractivity contribution is 1.12. The van der Waals surface area contributed by atoms with Crippen LogP contribution in [-0.2, 0) is 0 Å². The molecule has 3 rings (SSSR count). The lowest BCUT2D eigenvalue weighted by Crippen LogP contribution is -1.92. The van der Waals surface area contributed by atoms with Gasteiger partial charge in [0.05, 0.1) is 10.2 Å². The second-order valence-corrected chi connectivity index (χ2v) is 5.68. The van der Waals surface area contributed by atoms with Crippen LogP contribution in [0.1, 0.15) is 5.56 Å². The first-order chi connectivity index (χ1) is 8.25. The van der Waals surface area contributed by atoms with Crippen LogP contribution in [0, 0.1) is 10.9 Å². The van der Waals surface area contributed by atoms with E-state index in [1.807, 2.05) is 6.07 Å². The summed E-state index contributed by atoms with van der Waals surface area (Å²) in [6, 6.07) is 16.8. The molecule has 0 atom stereocenters. The van der Waals surface area contributed by atoms with Crippen molar-refractivity contribution in [2.24, 2.45) is 0 Å². The summed E-state index contributed by atoms with van der Waals surface area (Å²) in [6.45, 7) is 2.09. The second kappa shape index (κ2) is 4.09. The predicted octanol–water partition coefficient (Wildman–Crippen LogP) is 4.73. The maximum Gasteiger partial charge on any atom is 0.166 e. The summed E-state index contributed by atoms with van der Waals surface area (Å²) in [6.07, 6.45) is 0. The molecule has 0 aliphatic rings. The van der Waals surface area contributed by atoms with Crippen LogP contribution >= 0.6 is 23.6 Å². The summed E-state index contributed by atoms with van der Waals surface area (Å²) in [7, 11) is 0. The van der Waals surface area contributed by atoms with Gasteiger partial charge in [0.2, 0.25) is 0 Å². The molecule has 17 heavy (non-hydrogen) atoms. The van der Waals surface area contributed by atoms with E-state index in [1.54, 1.807) is 11.3 Å². The Hall–Kier alpha value is -1.45. The molecule has 0 aliphatic heterocycles. The fourth-order valence-corrected chi connectivity index (χ4v) is 3.27. The zero-order chi connectivity index (χ0) is 11.8. The van der Waals surface area contributed by atoms with Gasteiger partial charge in [-0.25, -0.2) is 0 Å². The van der Waals surface area contributed by atoms with Crippen LogP contribution in [0.5, 0.6) is 0 Å². The minimum atomic E-state index is 0.898. The van der Waals surface area contributed by atoms with Gasteiger partial charge in [0.1, 0.15) is 0 Å². The minimum Gasteiger partial charge on any atom is -0.291 e. The number of aryl methyl sites for hydroxylation is 1. The Kier molecular flexibility index (Phi) is 2.57. The van der Waals surface area contributed by atoms with Gasteiger partial charge in [0.25, 0.3) is 0 Å². The molecular weight excluding hydrogens is 246 g/mol. The van der Waals surface area contributed by atoms with Gasteiger partial charge in [-0.3, -0.25) is 4.57 Å². The molecule has 1 heterocycles. The highest BCUT2D eigenvalue weighted by atomic mass is 32.1. The highest BCUT2D eigenvalue weighted by Crippen LogP contribution is 2.26. The van der Waals surface area contributed by atoms with Gasteiger partial charge in [-0.1, -0.05) is 29.8 Å². The van der Waals surface area contributed by atoms with Crippen molar-refractivity contribution in [3.8, 4) is 5.69 Å². The van der Waals surface area contributed by atoms with Gasteiger partial charge in [0, 0.05) is 5.69 Å². The molecule has 3 heteroatoms. The quantitative estimate of drug-likeness (QED) is 0.570. The highest BCUT2D eigenvalue weighted by Gasteiger charge is 2.05. The van der Waals surface area contributed by atoms with Crippen LogP contribution < -0.4 is 0 Å². The molecule has 0 saturated carbocycles. The normalized spacial score (nSPS) is 10.9. The van der Waals surface area contributed by atoms with Gasteiger partial charge >= 0.3 is 0 Å². The molecule has 0 unspecified atom stereocenters. The van der Waals surface area contributed by atoms with E-state index in [9.17, 15) is 0 Å². The Bertz CT molecular complexity index is 720. The summed E-state index contributed by atoms with van der Waals surface area (Å²) in [4.78, 5) is 0. The molecule has 1 aromatic heterocycles. The zero-order valence-electron chi connectivity index (χ0n) is 9.38. The fraction of sp³-hybridized carbons (Fsp3) is 0.0714. The second-order valence-electron chi connectivity index (χ2n) is 4.01. The Morgan fingerprint density at radius 2 is 1.71 bits per heavy atom. The van der Waals surface area contributed by atoms with Gasteiger partial charge in [0.15, 0.2) is 3.95 Å². The number of benzene rings is 2. The third-order valence-corrected chi connectivity index (χ3v) is 4.13. The topological polar surface area (TPSA) is 4.93 Å². The van der Waals surface area contributed by atoms with E-state index in [4.69, 9.17) is 12.2 Å². The van der Waals surface area contributed by atoms with Crippen molar-refractivity contribution >= 4 is 33.8 Å². The van der Waals surface area contributed by atoms with E-state index in [0.717, 1.165) is 9.64 Å². The number of para-hydroxylation sites is 1. The SMILES string of the molecule is Cc1ccc(-n2c(=S)sc3ccccc32)cc1. The smallest absolute Gasteiger partial charge is 0.166 e. The van der Waals surface area contributed by atoms with Crippen LogP contribution in [0.15, 0.2) is 48.5 Å². The van der Waals surface area contributed by atoms with Crippen molar-refractivity contribution in [1.82, 2.24) is 4.57 Å². The molecule has 0 aliphatic carbocycles. The van der Waals surface area contributed by atoms with E-state index >= 15 is 0 Å². The van der Waals surface area contributed by atoms with Gasteiger partial charge in [-0.15, -0.1) is 11.3 Å². The minimum absolute atomic E-state index is 0.898. The molecule has 0 spiro atoms. The highest BCUT2D eigenvalue weighted by molar-refractivity contribution is 7.73. The van der Waals surface area contributed by atoms with Crippen molar-refractivity contribution in [3.63, 3.8) is 0 Å². The molecule has 2 aromatic carbocycles. The number of nitrogens with zero attached hydrogens (tertiary/aromatic N) is 1. The van der Waals surface area contributed by atoms with Gasteiger partial charge in [-0.05, 0) is 43.4 Å². The van der Waals surface area contributed by atoms with Crippen molar-refractivity contribution in [1.29, 1.82) is 0 Å². The fourth-order valence-electron chi connectivity index (χ4n) is 1.90. The summed E-state index contributed by atoms with van der Waals surface area (Å²) in [5, 5.41) is 0. The summed E-state index contributed by atoms with van der Waals surface area (Å²) < 4.78 is 4.27. The Labute approximate surface area is 109 Å². The van der Waals surface area contributed by atoms with E-state index in [-0.39, 0.29) is 0 Å². The number of aromatic nitrogens is 1. The largest absolute Gasteiger partial charge is 0.291 e. The van der Waals surface area contributed by atoms with Crippen LogP contribution in [-0.4, -0.2) is 4.57 Å². The third kappa shape index (κ3) is 1.81. The summed E-state index contributed by atoms with van der Waals surface area (Å²) in [5.74, 6) is 0. The van der Waals surface area contributed by atoms with E-state index < -0.39 is 0 Å². The molecule has 0 saturated heterocycles. The molecule has 0 radical (unpaired) electrons. The number of thiazole rings is 1. The van der Waals surface area contributed by atoms with Crippen molar-refractivity contribution in [2.45, 2.75) is 6.92 Å².